The molecule has 3 N–H and O–H groups in total. The highest BCUT2D eigenvalue weighted by molar-refractivity contribution is 7.80. The molecule has 0 atom stereocenters. The summed E-state index contributed by atoms with van der Waals surface area (Å²) in [5.41, 5.74) is 0. The number of carbonyl (C=O) groups excluding carboxylic acids is 1. The van der Waals surface area contributed by atoms with Gasteiger partial charge in [0.15, 0.2) is 5.11 Å². The predicted octanol–water partition coefficient (Wildman–Crippen LogP) is 0.936. The Hall–Kier alpha value is -0.880. The van der Waals surface area contributed by atoms with E-state index in [0.717, 1.165) is 52.0 Å². The van der Waals surface area contributed by atoms with Gasteiger partial charge in [-0.15, -0.1) is 0 Å². The van der Waals surface area contributed by atoms with Crippen molar-refractivity contribution in [3.63, 3.8) is 0 Å². The third kappa shape index (κ3) is 9.67. The van der Waals surface area contributed by atoms with Crippen LogP contribution in [0.4, 0.5) is 0 Å². The molecule has 0 radical (unpaired) electrons. The van der Waals surface area contributed by atoms with Gasteiger partial charge >= 0.3 is 0 Å². The Labute approximate surface area is 120 Å². The van der Waals surface area contributed by atoms with Gasteiger partial charge in [0.05, 0.1) is 0 Å². The van der Waals surface area contributed by atoms with E-state index in [2.05, 4.69) is 16.0 Å². The second-order valence-corrected chi connectivity index (χ2v) is 5.09. The van der Waals surface area contributed by atoms with Gasteiger partial charge in [-0.25, -0.2) is 0 Å². The third-order valence-corrected chi connectivity index (χ3v) is 3.05. The van der Waals surface area contributed by atoms with Crippen molar-refractivity contribution >= 4 is 23.2 Å². The molecule has 1 rings (SSSR count). The van der Waals surface area contributed by atoms with E-state index in [0.29, 0.717) is 17.6 Å². The first-order chi connectivity index (χ1) is 9.22. The fourth-order valence-electron chi connectivity index (χ4n) is 1.56. The van der Waals surface area contributed by atoms with E-state index in [1.807, 2.05) is 6.92 Å². The molecule has 0 bridgehead atoms. The van der Waals surface area contributed by atoms with Crippen LogP contribution in [0.1, 0.15) is 39.0 Å². The normalized spacial score (nSPS) is 13.9. The van der Waals surface area contributed by atoms with Gasteiger partial charge in [0, 0.05) is 38.8 Å². The van der Waals surface area contributed by atoms with Crippen molar-refractivity contribution in [1.29, 1.82) is 0 Å². The van der Waals surface area contributed by atoms with Crippen LogP contribution in [0.3, 0.4) is 0 Å². The number of hydrogen-bond acceptors (Lipinski definition) is 3. The fourth-order valence-corrected chi connectivity index (χ4v) is 1.77. The summed E-state index contributed by atoms with van der Waals surface area (Å²) in [5.74, 6) is 0.153. The number of rotatable bonds is 10. The van der Waals surface area contributed by atoms with Crippen LogP contribution >= 0.6 is 12.2 Å². The molecular weight excluding hydrogens is 262 g/mol. The van der Waals surface area contributed by atoms with E-state index in [-0.39, 0.29) is 5.91 Å². The summed E-state index contributed by atoms with van der Waals surface area (Å²) in [7, 11) is 0. The van der Waals surface area contributed by atoms with E-state index in [4.69, 9.17) is 17.0 Å². The number of hydrogen-bond donors (Lipinski definition) is 3. The Morgan fingerprint density at radius 2 is 1.95 bits per heavy atom. The molecule has 0 aliphatic heterocycles. The van der Waals surface area contributed by atoms with Gasteiger partial charge < -0.3 is 20.7 Å². The van der Waals surface area contributed by atoms with Crippen LogP contribution in [-0.4, -0.2) is 43.4 Å². The topological polar surface area (TPSA) is 62.4 Å². The molecule has 1 aliphatic rings. The fraction of sp³-hybridized carbons (Fsp3) is 0.846. The van der Waals surface area contributed by atoms with Crippen LogP contribution in [0.2, 0.25) is 0 Å². The highest BCUT2D eigenvalue weighted by atomic mass is 32.1. The average Bonchev–Trinajstić information content (AvgIpc) is 3.18. The molecule has 0 aromatic rings. The largest absolute Gasteiger partial charge is 0.382 e. The second kappa shape index (κ2) is 9.97. The molecule has 1 amide bonds. The Bertz CT molecular complexity index is 283. The van der Waals surface area contributed by atoms with E-state index >= 15 is 0 Å². The summed E-state index contributed by atoms with van der Waals surface area (Å²) in [5, 5.41) is 9.83. The summed E-state index contributed by atoms with van der Waals surface area (Å²) in [6.45, 7) is 5.04. The van der Waals surface area contributed by atoms with Gasteiger partial charge in [-0.1, -0.05) is 0 Å². The first kappa shape index (κ1) is 16.2. The lowest BCUT2D eigenvalue weighted by Gasteiger charge is -2.10. The van der Waals surface area contributed by atoms with Crippen molar-refractivity contribution < 1.29 is 9.53 Å². The Kier molecular flexibility index (Phi) is 8.49. The van der Waals surface area contributed by atoms with Gasteiger partial charge in [0.1, 0.15) is 0 Å². The van der Waals surface area contributed by atoms with Crippen molar-refractivity contribution in [1.82, 2.24) is 16.0 Å². The molecule has 1 saturated carbocycles. The maximum absolute atomic E-state index is 11.4. The monoisotopic (exact) mass is 287 g/mol. The first-order valence-corrected chi connectivity index (χ1v) is 7.52. The maximum Gasteiger partial charge on any atom is 0.220 e. The number of thiocarbonyl (C=S) groups is 1. The van der Waals surface area contributed by atoms with Crippen LogP contribution in [-0.2, 0) is 9.53 Å². The summed E-state index contributed by atoms with van der Waals surface area (Å²) < 4.78 is 5.23. The zero-order valence-corrected chi connectivity index (χ0v) is 12.5. The number of ether oxygens (including phenoxy) is 1. The van der Waals surface area contributed by atoms with Gasteiger partial charge in [-0.05, 0) is 44.8 Å². The lowest BCUT2D eigenvalue weighted by molar-refractivity contribution is -0.121. The molecule has 0 unspecified atom stereocenters. The van der Waals surface area contributed by atoms with Crippen molar-refractivity contribution in [2.75, 3.05) is 26.3 Å². The molecule has 1 fully saturated rings. The van der Waals surface area contributed by atoms with Crippen LogP contribution in [0.15, 0.2) is 0 Å². The molecule has 19 heavy (non-hydrogen) atoms. The van der Waals surface area contributed by atoms with Gasteiger partial charge in [-0.3, -0.25) is 4.79 Å². The summed E-state index contributed by atoms with van der Waals surface area (Å²) in [6.07, 6.45) is 4.59. The van der Waals surface area contributed by atoms with Crippen LogP contribution in [0, 0.1) is 0 Å². The lowest BCUT2D eigenvalue weighted by atomic mass is 10.3. The van der Waals surface area contributed by atoms with E-state index in [9.17, 15) is 4.79 Å². The quantitative estimate of drug-likeness (QED) is 0.412. The molecule has 5 nitrogen and oxygen atoms in total. The van der Waals surface area contributed by atoms with Gasteiger partial charge in [-0.2, -0.15) is 0 Å². The van der Waals surface area contributed by atoms with Crippen molar-refractivity contribution in [2.24, 2.45) is 0 Å². The molecule has 0 saturated heterocycles. The van der Waals surface area contributed by atoms with Crippen LogP contribution < -0.4 is 16.0 Å². The van der Waals surface area contributed by atoms with E-state index in [1.54, 1.807) is 0 Å². The summed E-state index contributed by atoms with van der Waals surface area (Å²) in [4.78, 5) is 11.4. The predicted molar refractivity (Wildman–Crippen MR) is 80.1 cm³/mol. The molecule has 0 heterocycles. The number of nitrogens with one attached hydrogen (secondary N) is 3. The van der Waals surface area contributed by atoms with Gasteiger partial charge in [0.2, 0.25) is 5.91 Å². The number of carbonyl (C=O) groups is 1. The lowest BCUT2D eigenvalue weighted by Crippen LogP contribution is -2.37. The molecule has 6 heteroatoms. The minimum Gasteiger partial charge on any atom is -0.382 e. The number of amides is 1. The van der Waals surface area contributed by atoms with Crippen LogP contribution in [0.25, 0.3) is 0 Å². The molecule has 0 spiro atoms. The zero-order chi connectivity index (χ0) is 13.9. The van der Waals surface area contributed by atoms with Gasteiger partial charge in [0.25, 0.3) is 0 Å². The first-order valence-electron chi connectivity index (χ1n) is 7.11. The summed E-state index contributed by atoms with van der Waals surface area (Å²) in [6, 6.07) is 0.452. The van der Waals surface area contributed by atoms with Crippen molar-refractivity contribution in [2.45, 2.75) is 45.1 Å². The maximum atomic E-state index is 11.4. The van der Waals surface area contributed by atoms with Crippen molar-refractivity contribution in [3.8, 4) is 0 Å². The Morgan fingerprint density at radius 1 is 1.26 bits per heavy atom. The smallest absolute Gasteiger partial charge is 0.220 e. The van der Waals surface area contributed by atoms with Crippen molar-refractivity contribution in [3.05, 3.63) is 0 Å². The molecule has 1 aliphatic carbocycles. The average molecular weight is 287 g/mol. The second-order valence-electron chi connectivity index (χ2n) is 4.68. The molecule has 110 valence electrons. The molecule has 0 aromatic heterocycles. The molecular formula is C13H25N3O2S. The standard InChI is InChI=1S/C13H25N3O2S/c1-2-18-10-4-9-15-13(19)14-8-3-5-12(17)16-11-6-7-11/h11H,2-10H2,1H3,(H,16,17)(H2,14,15,19). The SMILES string of the molecule is CCOCCCNC(=S)NCCCC(=O)NC1CC1. The van der Waals surface area contributed by atoms with E-state index in [1.165, 1.54) is 0 Å². The highest BCUT2D eigenvalue weighted by Gasteiger charge is 2.22. The Balaban J connectivity index is 1.84. The minimum atomic E-state index is 0.153. The zero-order valence-electron chi connectivity index (χ0n) is 11.7. The van der Waals surface area contributed by atoms with E-state index < -0.39 is 0 Å². The Morgan fingerprint density at radius 3 is 2.58 bits per heavy atom. The summed E-state index contributed by atoms with van der Waals surface area (Å²) >= 11 is 5.13. The highest BCUT2D eigenvalue weighted by Crippen LogP contribution is 2.18. The molecule has 0 aromatic carbocycles. The van der Waals surface area contributed by atoms with Crippen LogP contribution in [0.5, 0.6) is 0 Å². The third-order valence-electron chi connectivity index (χ3n) is 2.76. The minimum absolute atomic E-state index is 0.153.